The second-order valence-electron chi connectivity index (χ2n) is 5.24. The molecule has 1 aromatic rings. The molecule has 0 aliphatic carbocycles. The molecule has 1 aliphatic heterocycles. The third-order valence-corrected chi connectivity index (χ3v) is 3.95. The van der Waals surface area contributed by atoms with Crippen molar-refractivity contribution in [3.05, 3.63) is 33.9 Å². The number of benzene rings is 1. The fraction of sp³-hybridized carbons (Fsp3) is 0.571. The fourth-order valence-corrected chi connectivity index (χ4v) is 2.86. The highest BCUT2D eigenvalue weighted by atomic mass is 16.6. The summed E-state index contributed by atoms with van der Waals surface area (Å²) >= 11 is 0. The summed E-state index contributed by atoms with van der Waals surface area (Å²) in [4.78, 5) is 12.7. The first-order chi connectivity index (χ1) is 9.63. The Morgan fingerprint density at radius 3 is 2.95 bits per heavy atom. The van der Waals surface area contributed by atoms with E-state index < -0.39 is 4.92 Å². The monoisotopic (exact) mass is 279 g/mol. The summed E-state index contributed by atoms with van der Waals surface area (Å²) in [5.74, 6) is 0. The van der Waals surface area contributed by atoms with Gasteiger partial charge in [0.1, 0.15) is 5.69 Å². The van der Waals surface area contributed by atoms with E-state index in [1.54, 1.807) is 6.07 Å². The summed E-state index contributed by atoms with van der Waals surface area (Å²) < 4.78 is 0. The van der Waals surface area contributed by atoms with E-state index in [0.29, 0.717) is 12.6 Å². The summed E-state index contributed by atoms with van der Waals surface area (Å²) in [7, 11) is 0. The van der Waals surface area contributed by atoms with Crippen molar-refractivity contribution < 1.29 is 10.0 Å². The van der Waals surface area contributed by atoms with Crippen LogP contribution >= 0.6 is 0 Å². The molecule has 1 fully saturated rings. The Labute approximate surface area is 118 Å². The summed E-state index contributed by atoms with van der Waals surface area (Å²) in [6, 6.07) is 5.29. The van der Waals surface area contributed by atoms with Crippen LogP contribution in [0.5, 0.6) is 0 Å². The third-order valence-electron chi connectivity index (χ3n) is 3.95. The van der Waals surface area contributed by atoms with Crippen molar-refractivity contribution in [2.45, 2.75) is 38.3 Å². The SMILES string of the molecule is Nc1c(CN2CCCCC2CCO)cccc1[N+](=O)[O-]. The van der Waals surface area contributed by atoms with Gasteiger partial charge < -0.3 is 10.8 Å². The molecular formula is C14H21N3O3. The number of piperidine rings is 1. The van der Waals surface area contributed by atoms with Gasteiger partial charge in [0.05, 0.1) is 4.92 Å². The van der Waals surface area contributed by atoms with Crippen LogP contribution < -0.4 is 5.73 Å². The Morgan fingerprint density at radius 1 is 1.45 bits per heavy atom. The van der Waals surface area contributed by atoms with E-state index in [0.717, 1.165) is 31.4 Å². The zero-order valence-corrected chi connectivity index (χ0v) is 11.5. The molecule has 0 saturated carbocycles. The van der Waals surface area contributed by atoms with Gasteiger partial charge in [0.15, 0.2) is 0 Å². The van der Waals surface area contributed by atoms with Gasteiger partial charge in [-0.2, -0.15) is 0 Å². The summed E-state index contributed by atoms with van der Waals surface area (Å²) in [6.45, 7) is 1.73. The van der Waals surface area contributed by atoms with Crippen LogP contribution in [0.25, 0.3) is 0 Å². The van der Waals surface area contributed by atoms with Crippen LogP contribution in [-0.2, 0) is 6.54 Å². The van der Waals surface area contributed by atoms with Crippen molar-refractivity contribution in [1.29, 1.82) is 0 Å². The third kappa shape index (κ3) is 3.26. The van der Waals surface area contributed by atoms with Crippen molar-refractivity contribution in [1.82, 2.24) is 4.90 Å². The minimum atomic E-state index is -0.444. The van der Waals surface area contributed by atoms with Gasteiger partial charge >= 0.3 is 0 Å². The highest BCUT2D eigenvalue weighted by molar-refractivity contribution is 5.62. The fourth-order valence-electron chi connectivity index (χ4n) is 2.86. The van der Waals surface area contributed by atoms with Crippen molar-refractivity contribution in [2.24, 2.45) is 0 Å². The molecule has 2 rings (SSSR count). The largest absolute Gasteiger partial charge is 0.396 e. The van der Waals surface area contributed by atoms with E-state index in [-0.39, 0.29) is 18.0 Å². The average molecular weight is 279 g/mol. The van der Waals surface area contributed by atoms with Crippen LogP contribution in [0.1, 0.15) is 31.2 Å². The van der Waals surface area contributed by atoms with Crippen molar-refractivity contribution >= 4 is 11.4 Å². The predicted molar refractivity (Wildman–Crippen MR) is 77.3 cm³/mol. The quantitative estimate of drug-likeness (QED) is 0.488. The molecule has 110 valence electrons. The topological polar surface area (TPSA) is 92.6 Å². The molecule has 1 heterocycles. The number of hydrogen-bond donors (Lipinski definition) is 2. The maximum absolute atomic E-state index is 10.9. The molecule has 0 amide bonds. The minimum Gasteiger partial charge on any atom is -0.396 e. The smallest absolute Gasteiger partial charge is 0.292 e. The first-order valence-corrected chi connectivity index (χ1v) is 7.00. The summed E-state index contributed by atoms with van der Waals surface area (Å²) in [6.07, 6.45) is 4.10. The van der Waals surface area contributed by atoms with E-state index in [9.17, 15) is 10.1 Å². The van der Waals surface area contributed by atoms with E-state index in [4.69, 9.17) is 10.8 Å². The van der Waals surface area contributed by atoms with Gasteiger partial charge in [-0.25, -0.2) is 0 Å². The van der Waals surface area contributed by atoms with Crippen molar-refractivity contribution in [2.75, 3.05) is 18.9 Å². The number of nitrogen functional groups attached to an aromatic ring is 1. The summed E-state index contributed by atoms with van der Waals surface area (Å²) in [5.41, 5.74) is 6.92. The molecule has 0 aromatic heterocycles. The molecule has 1 unspecified atom stereocenters. The maximum Gasteiger partial charge on any atom is 0.292 e. The van der Waals surface area contributed by atoms with Gasteiger partial charge in [-0.1, -0.05) is 18.6 Å². The number of nitrogens with two attached hydrogens (primary N) is 1. The van der Waals surface area contributed by atoms with Gasteiger partial charge in [-0.3, -0.25) is 15.0 Å². The van der Waals surface area contributed by atoms with Gasteiger partial charge in [0.25, 0.3) is 5.69 Å². The second-order valence-corrected chi connectivity index (χ2v) is 5.24. The highest BCUT2D eigenvalue weighted by Crippen LogP contribution is 2.28. The molecule has 3 N–H and O–H groups in total. The van der Waals surface area contributed by atoms with Gasteiger partial charge in [0, 0.05) is 25.3 Å². The van der Waals surface area contributed by atoms with Crippen LogP contribution in [0.4, 0.5) is 11.4 Å². The number of aliphatic hydroxyl groups is 1. The molecule has 20 heavy (non-hydrogen) atoms. The Balaban J connectivity index is 2.16. The molecule has 1 aromatic carbocycles. The lowest BCUT2D eigenvalue weighted by molar-refractivity contribution is -0.384. The number of anilines is 1. The molecule has 6 heteroatoms. The molecule has 0 radical (unpaired) electrons. The molecule has 1 atom stereocenters. The van der Waals surface area contributed by atoms with E-state index in [2.05, 4.69) is 4.90 Å². The highest BCUT2D eigenvalue weighted by Gasteiger charge is 2.24. The Kier molecular flexibility index (Phi) is 4.92. The number of rotatable bonds is 5. The van der Waals surface area contributed by atoms with Gasteiger partial charge in [-0.05, 0) is 31.4 Å². The number of nitrogens with zero attached hydrogens (tertiary/aromatic N) is 2. The molecule has 0 spiro atoms. The molecule has 1 saturated heterocycles. The Morgan fingerprint density at radius 2 is 2.25 bits per heavy atom. The first kappa shape index (κ1) is 14.7. The number of likely N-dealkylation sites (tertiary alicyclic amines) is 1. The Bertz CT molecular complexity index is 477. The first-order valence-electron chi connectivity index (χ1n) is 7.00. The van der Waals surface area contributed by atoms with Crippen LogP contribution in [0.3, 0.4) is 0 Å². The van der Waals surface area contributed by atoms with E-state index in [1.807, 2.05) is 6.07 Å². The lowest BCUT2D eigenvalue weighted by atomic mass is 9.98. The lowest BCUT2D eigenvalue weighted by Gasteiger charge is -2.35. The summed E-state index contributed by atoms with van der Waals surface area (Å²) in [5, 5.41) is 20.0. The van der Waals surface area contributed by atoms with Crippen LogP contribution in [0.15, 0.2) is 18.2 Å². The minimum absolute atomic E-state index is 0.0294. The van der Waals surface area contributed by atoms with Gasteiger partial charge in [-0.15, -0.1) is 0 Å². The normalized spacial score (nSPS) is 19.9. The molecular weight excluding hydrogens is 258 g/mol. The van der Waals surface area contributed by atoms with Gasteiger partial charge in [0.2, 0.25) is 0 Å². The zero-order valence-electron chi connectivity index (χ0n) is 11.5. The van der Waals surface area contributed by atoms with Crippen molar-refractivity contribution in [3.63, 3.8) is 0 Å². The number of aliphatic hydroxyl groups excluding tert-OH is 1. The number of para-hydroxylation sites is 1. The number of nitro benzene ring substituents is 1. The van der Waals surface area contributed by atoms with E-state index in [1.165, 1.54) is 12.5 Å². The standard InChI is InChI=1S/C14H21N3O3/c15-14-11(4-3-6-13(14)17(19)20)10-16-8-2-1-5-12(16)7-9-18/h3-4,6,12,18H,1-2,5,7-10,15H2. The molecule has 1 aliphatic rings. The number of hydrogen-bond acceptors (Lipinski definition) is 5. The average Bonchev–Trinajstić information content (AvgIpc) is 2.43. The lowest BCUT2D eigenvalue weighted by Crippen LogP contribution is -2.39. The molecule has 6 nitrogen and oxygen atoms in total. The van der Waals surface area contributed by atoms with Crippen molar-refractivity contribution in [3.8, 4) is 0 Å². The maximum atomic E-state index is 10.9. The van der Waals surface area contributed by atoms with Crippen LogP contribution in [0, 0.1) is 10.1 Å². The number of nitro groups is 1. The predicted octanol–water partition coefficient (Wildman–Crippen LogP) is 1.91. The molecule has 0 bridgehead atoms. The van der Waals surface area contributed by atoms with Crippen LogP contribution in [0.2, 0.25) is 0 Å². The zero-order chi connectivity index (χ0) is 14.5. The Hall–Kier alpha value is -1.66. The van der Waals surface area contributed by atoms with E-state index >= 15 is 0 Å². The second kappa shape index (κ2) is 6.67. The van der Waals surface area contributed by atoms with Crippen LogP contribution in [-0.4, -0.2) is 34.1 Å².